The van der Waals surface area contributed by atoms with Gasteiger partial charge >= 0.3 is 0 Å². The first-order valence-electron chi connectivity index (χ1n) is 10.6. The highest BCUT2D eigenvalue weighted by Crippen LogP contribution is 2.29. The molecule has 1 N–H and O–H groups in total. The molecule has 0 aliphatic carbocycles. The molecule has 2 rings (SSSR count). The molecule has 142 valence electrons. The Morgan fingerprint density at radius 3 is 1.77 bits per heavy atom. The van der Waals surface area contributed by atoms with Crippen LogP contribution in [0.3, 0.4) is 0 Å². The summed E-state index contributed by atoms with van der Waals surface area (Å²) >= 11 is 0. The van der Waals surface area contributed by atoms with Gasteiger partial charge < -0.3 is 5.11 Å². The van der Waals surface area contributed by atoms with Crippen molar-refractivity contribution in [2.45, 2.75) is 85.0 Å². The SMILES string of the molecule is CCCCc1ccc(Cc2ccccc2O)c(CCCC)c1CCCC. The molecule has 2 aromatic rings. The molecule has 1 nitrogen and oxygen atoms in total. The summed E-state index contributed by atoms with van der Waals surface area (Å²) in [7, 11) is 0. The van der Waals surface area contributed by atoms with Crippen LogP contribution in [0.4, 0.5) is 0 Å². The molecule has 0 saturated heterocycles. The first-order chi connectivity index (χ1) is 12.7. The van der Waals surface area contributed by atoms with Gasteiger partial charge in [0, 0.05) is 6.42 Å². The smallest absolute Gasteiger partial charge is 0.119 e. The summed E-state index contributed by atoms with van der Waals surface area (Å²) in [6.45, 7) is 6.83. The summed E-state index contributed by atoms with van der Waals surface area (Å²) in [6, 6.07) is 12.5. The monoisotopic (exact) mass is 352 g/mol. The number of phenols is 1. The van der Waals surface area contributed by atoms with Crippen LogP contribution in [0, 0.1) is 0 Å². The fourth-order valence-electron chi connectivity index (χ4n) is 3.75. The Bertz CT molecular complexity index is 672. The number of rotatable bonds is 11. The second kappa shape index (κ2) is 11.1. The molecule has 2 aromatic carbocycles. The fourth-order valence-corrected chi connectivity index (χ4v) is 3.75. The number of benzene rings is 2. The van der Waals surface area contributed by atoms with Crippen molar-refractivity contribution < 1.29 is 5.11 Å². The third-order valence-corrected chi connectivity index (χ3v) is 5.36. The maximum Gasteiger partial charge on any atom is 0.119 e. The normalized spacial score (nSPS) is 11.0. The van der Waals surface area contributed by atoms with Gasteiger partial charge in [-0.1, -0.05) is 70.4 Å². The van der Waals surface area contributed by atoms with Crippen molar-refractivity contribution in [1.29, 1.82) is 0 Å². The molecule has 0 saturated carbocycles. The highest BCUT2D eigenvalue weighted by molar-refractivity contribution is 5.46. The van der Waals surface area contributed by atoms with Gasteiger partial charge in [-0.25, -0.2) is 0 Å². The molecule has 0 aliphatic rings. The van der Waals surface area contributed by atoms with Gasteiger partial charge in [-0.2, -0.15) is 0 Å². The lowest BCUT2D eigenvalue weighted by Crippen LogP contribution is -2.06. The Labute approximate surface area is 160 Å². The summed E-state index contributed by atoms with van der Waals surface area (Å²) < 4.78 is 0. The Kier molecular flexibility index (Phi) is 8.74. The molecule has 0 bridgehead atoms. The number of para-hydroxylation sites is 1. The van der Waals surface area contributed by atoms with Gasteiger partial charge in [0.25, 0.3) is 0 Å². The zero-order chi connectivity index (χ0) is 18.8. The number of unbranched alkanes of at least 4 members (excludes halogenated alkanes) is 3. The van der Waals surface area contributed by atoms with Crippen molar-refractivity contribution in [3.63, 3.8) is 0 Å². The highest BCUT2D eigenvalue weighted by atomic mass is 16.3. The summed E-state index contributed by atoms with van der Waals surface area (Å²) in [5.74, 6) is 0.416. The maximum atomic E-state index is 10.2. The van der Waals surface area contributed by atoms with Crippen LogP contribution in [0.2, 0.25) is 0 Å². The Hall–Kier alpha value is -1.76. The van der Waals surface area contributed by atoms with Crippen LogP contribution in [-0.4, -0.2) is 5.11 Å². The minimum atomic E-state index is 0.416. The quantitative estimate of drug-likeness (QED) is 0.461. The van der Waals surface area contributed by atoms with Crippen LogP contribution in [0.15, 0.2) is 36.4 Å². The average Bonchev–Trinajstić information content (AvgIpc) is 2.66. The van der Waals surface area contributed by atoms with Crippen LogP contribution < -0.4 is 0 Å². The van der Waals surface area contributed by atoms with E-state index in [0.29, 0.717) is 5.75 Å². The van der Waals surface area contributed by atoms with Gasteiger partial charge in [0.1, 0.15) is 5.75 Å². The second-order valence-electron chi connectivity index (χ2n) is 7.46. The van der Waals surface area contributed by atoms with Crippen LogP contribution in [0.5, 0.6) is 5.75 Å². The number of phenolic OH excluding ortho intramolecular Hbond substituents is 1. The highest BCUT2D eigenvalue weighted by Gasteiger charge is 2.14. The fraction of sp³-hybridized carbons (Fsp3) is 0.520. The number of aryl methyl sites for hydroxylation is 1. The third-order valence-electron chi connectivity index (χ3n) is 5.36. The van der Waals surface area contributed by atoms with E-state index in [1.54, 1.807) is 22.8 Å². The van der Waals surface area contributed by atoms with Crippen LogP contribution in [0.25, 0.3) is 0 Å². The van der Waals surface area contributed by atoms with Crippen molar-refractivity contribution in [2.75, 3.05) is 0 Å². The molecular formula is C25H36O. The summed E-state index contributed by atoms with van der Waals surface area (Å²) in [5, 5.41) is 10.2. The van der Waals surface area contributed by atoms with Crippen LogP contribution in [0.1, 0.15) is 87.1 Å². The standard InChI is InChI=1S/C25H36O/c1-4-7-12-20-17-18-21(19-22-13-10-11-16-25(22)26)24(15-9-6-3)23(20)14-8-5-2/h10-11,13,16-18,26H,4-9,12,14-15,19H2,1-3H3. The molecule has 0 fully saturated rings. The van der Waals surface area contributed by atoms with Gasteiger partial charge in [0.15, 0.2) is 0 Å². The van der Waals surface area contributed by atoms with E-state index < -0.39 is 0 Å². The second-order valence-corrected chi connectivity index (χ2v) is 7.46. The molecule has 0 spiro atoms. The van der Waals surface area contributed by atoms with E-state index in [1.807, 2.05) is 12.1 Å². The first-order valence-corrected chi connectivity index (χ1v) is 10.6. The van der Waals surface area contributed by atoms with E-state index in [1.165, 1.54) is 63.4 Å². The van der Waals surface area contributed by atoms with Gasteiger partial charge in [-0.3, -0.25) is 0 Å². The zero-order valence-corrected chi connectivity index (χ0v) is 17.0. The van der Waals surface area contributed by atoms with E-state index in [4.69, 9.17) is 0 Å². The Morgan fingerprint density at radius 2 is 1.15 bits per heavy atom. The molecule has 0 radical (unpaired) electrons. The minimum Gasteiger partial charge on any atom is -0.508 e. The van der Waals surface area contributed by atoms with E-state index in [-0.39, 0.29) is 0 Å². The number of hydrogen-bond donors (Lipinski definition) is 1. The average molecular weight is 353 g/mol. The van der Waals surface area contributed by atoms with Crippen LogP contribution >= 0.6 is 0 Å². The molecule has 0 amide bonds. The Morgan fingerprint density at radius 1 is 0.615 bits per heavy atom. The lowest BCUT2D eigenvalue weighted by Gasteiger charge is -2.20. The number of aromatic hydroxyl groups is 1. The van der Waals surface area contributed by atoms with E-state index in [2.05, 4.69) is 39.0 Å². The lowest BCUT2D eigenvalue weighted by atomic mass is 9.86. The van der Waals surface area contributed by atoms with Crippen LogP contribution in [-0.2, 0) is 25.7 Å². The van der Waals surface area contributed by atoms with Crippen molar-refractivity contribution in [2.24, 2.45) is 0 Å². The first kappa shape index (κ1) is 20.6. The molecule has 0 atom stereocenters. The summed E-state index contributed by atoms with van der Waals surface area (Å²) in [5.41, 5.74) is 7.19. The van der Waals surface area contributed by atoms with Crippen molar-refractivity contribution in [3.8, 4) is 5.75 Å². The predicted molar refractivity (Wildman–Crippen MR) is 113 cm³/mol. The largest absolute Gasteiger partial charge is 0.508 e. The molecule has 0 heterocycles. The topological polar surface area (TPSA) is 20.2 Å². The molecular weight excluding hydrogens is 316 g/mol. The summed E-state index contributed by atoms with van der Waals surface area (Å²) in [6.07, 6.45) is 11.9. The van der Waals surface area contributed by atoms with Gasteiger partial charge in [-0.05, 0) is 72.4 Å². The van der Waals surface area contributed by atoms with Gasteiger partial charge in [0.2, 0.25) is 0 Å². The zero-order valence-electron chi connectivity index (χ0n) is 17.0. The maximum absolute atomic E-state index is 10.2. The summed E-state index contributed by atoms with van der Waals surface area (Å²) in [4.78, 5) is 0. The number of hydrogen-bond acceptors (Lipinski definition) is 1. The van der Waals surface area contributed by atoms with Gasteiger partial charge in [0.05, 0.1) is 0 Å². The molecule has 0 aromatic heterocycles. The van der Waals surface area contributed by atoms with Crippen molar-refractivity contribution in [1.82, 2.24) is 0 Å². The van der Waals surface area contributed by atoms with Crippen molar-refractivity contribution in [3.05, 3.63) is 64.2 Å². The molecule has 1 heteroatoms. The van der Waals surface area contributed by atoms with Crippen molar-refractivity contribution >= 4 is 0 Å². The predicted octanol–water partition coefficient (Wildman–Crippen LogP) is 7.01. The van der Waals surface area contributed by atoms with Gasteiger partial charge in [-0.15, -0.1) is 0 Å². The van der Waals surface area contributed by atoms with E-state index in [9.17, 15) is 5.11 Å². The molecule has 0 aliphatic heterocycles. The van der Waals surface area contributed by atoms with E-state index in [0.717, 1.165) is 12.0 Å². The Balaban J connectivity index is 2.42. The minimum absolute atomic E-state index is 0.416. The molecule has 0 unspecified atom stereocenters. The van der Waals surface area contributed by atoms with E-state index >= 15 is 0 Å². The molecule has 26 heavy (non-hydrogen) atoms. The third kappa shape index (κ3) is 5.62. The lowest BCUT2D eigenvalue weighted by molar-refractivity contribution is 0.469.